The molecule has 0 spiro atoms. The van der Waals surface area contributed by atoms with Gasteiger partial charge in [0.15, 0.2) is 0 Å². The van der Waals surface area contributed by atoms with Gasteiger partial charge in [-0.3, -0.25) is 9.48 Å². The van der Waals surface area contributed by atoms with Crippen molar-refractivity contribution in [2.45, 2.75) is 34.6 Å². The monoisotopic (exact) mass is 392 g/mol. The molecule has 1 amide bonds. The molecule has 0 aliphatic carbocycles. The molecule has 0 atom stereocenters. The molecule has 2 N–H and O–H groups in total. The molecular weight excluding hydrogens is 364 g/mol. The van der Waals surface area contributed by atoms with E-state index < -0.39 is 0 Å². The van der Waals surface area contributed by atoms with Crippen LogP contribution in [0.15, 0.2) is 36.5 Å². The van der Waals surface area contributed by atoms with Crippen LogP contribution < -0.4 is 10.6 Å². The molecule has 3 rings (SSSR count). The summed E-state index contributed by atoms with van der Waals surface area (Å²) in [7, 11) is 1.76. The lowest BCUT2D eigenvalue weighted by atomic mass is 9.97. The summed E-state index contributed by atoms with van der Waals surface area (Å²) in [5, 5.41) is 10.7. The van der Waals surface area contributed by atoms with E-state index in [1.165, 1.54) is 11.1 Å². The highest BCUT2D eigenvalue weighted by molar-refractivity contribution is 5.93. The number of benzene rings is 1. The molecule has 0 saturated carbocycles. The predicted molar refractivity (Wildman–Crippen MR) is 115 cm³/mol. The van der Waals surface area contributed by atoms with Crippen LogP contribution in [0.4, 0.5) is 11.6 Å². The fraction of sp³-hybridized carbons (Fsp3) is 0.364. The summed E-state index contributed by atoms with van der Waals surface area (Å²) in [5.74, 6) is 0.334. The Bertz CT molecular complexity index is 1010. The van der Waals surface area contributed by atoms with Crippen LogP contribution in [0.1, 0.15) is 42.4 Å². The van der Waals surface area contributed by atoms with E-state index >= 15 is 0 Å². The number of carbonyl (C=O) groups excluding carboxylic acids is 1. The Morgan fingerprint density at radius 3 is 2.41 bits per heavy atom. The second-order valence-corrected chi connectivity index (χ2v) is 8.55. The van der Waals surface area contributed by atoms with Crippen molar-refractivity contribution in [3.8, 4) is 11.4 Å². The van der Waals surface area contributed by atoms with Gasteiger partial charge in [-0.1, -0.05) is 26.8 Å². The zero-order valence-corrected chi connectivity index (χ0v) is 17.9. The Morgan fingerprint density at radius 2 is 1.76 bits per heavy atom. The van der Waals surface area contributed by atoms with E-state index in [1.54, 1.807) is 30.1 Å². The van der Waals surface area contributed by atoms with Gasteiger partial charge in [-0.15, -0.1) is 0 Å². The predicted octanol–water partition coefficient (Wildman–Crippen LogP) is 4.01. The quantitative estimate of drug-likeness (QED) is 0.685. The van der Waals surface area contributed by atoms with Gasteiger partial charge < -0.3 is 10.6 Å². The van der Waals surface area contributed by atoms with E-state index in [-0.39, 0.29) is 11.3 Å². The van der Waals surface area contributed by atoms with Gasteiger partial charge in [0, 0.05) is 25.5 Å². The minimum Gasteiger partial charge on any atom is -0.350 e. The van der Waals surface area contributed by atoms with Crippen LogP contribution in [0.3, 0.4) is 0 Å². The zero-order chi connectivity index (χ0) is 21.2. The van der Waals surface area contributed by atoms with Crippen LogP contribution >= 0.6 is 0 Å². The third-order valence-corrected chi connectivity index (χ3v) is 4.29. The van der Waals surface area contributed by atoms with Crippen molar-refractivity contribution in [3.63, 3.8) is 0 Å². The second-order valence-electron chi connectivity index (χ2n) is 8.55. The van der Waals surface area contributed by atoms with Crippen molar-refractivity contribution in [3.05, 3.63) is 53.3 Å². The Kier molecular flexibility index (Phi) is 5.68. The smallest absolute Gasteiger partial charge is 0.269 e. The number of amides is 1. The molecule has 3 aromatic rings. The van der Waals surface area contributed by atoms with E-state index in [0.717, 1.165) is 5.69 Å². The van der Waals surface area contributed by atoms with Crippen molar-refractivity contribution in [1.82, 2.24) is 25.1 Å². The van der Waals surface area contributed by atoms with E-state index in [4.69, 9.17) is 0 Å². The summed E-state index contributed by atoms with van der Waals surface area (Å²) in [6, 6.07) is 9.73. The van der Waals surface area contributed by atoms with Gasteiger partial charge in [-0.05, 0) is 54.7 Å². The minimum atomic E-state index is -0.149. The van der Waals surface area contributed by atoms with Gasteiger partial charge in [0.25, 0.3) is 5.91 Å². The first-order valence-corrected chi connectivity index (χ1v) is 9.62. The van der Waals surface area contributed by atoms with Crippen molar-refractivity contribution in [2.75, 3.05) is 11.9 Å². The van der Waals surface area contributed by atoms with Crippen LogP contribution in [0.5, 0.6) is 0 Å². The molecule has 1 aromatic carbocycles. The highest BCUT2D eigenvalue weighted by atomic mass is 16.2. The first-order valence-electron chi connectivity index (χ1n) is 9.62. The zero-order valence-electron chi connectivity index (χ0n) is 17.9. The number of anilines is 2. The summed E-state index contributed by atoms with van der Waals surface area (Å²) < 4.78 is 1.58. The maximum absolute atomic E-state index is 12.5. The highest BCUT2D eigenvalue weighted by Crippen LogP contribution is 2.21. The normalized spacial score (nSPS) is 11.4. The molecular formula is C22H28N6O. The minimum absolute atomic E-state index is 0.0124. The molecule has 0 unspecified atom stereocenters. The van der Waals surface area contributed by atoms with E-state index in [9.17, 15) is 4.79 Å². The largest absolute Gasteiger partial charge is 0.350 e. The van der Waals surface area contributed by atoms with Gasteiger partial charge in [-0.2, -0.15) is 5.10 Å². The third-order valence-electron chi connectivity index (χ3n) is 4.29. The molecule has 0 aliphatic heterocycles. The molecule has 7 heteroatoms. The molecule has 0 aliphatic rings. The summed E-state index contributed by atoms with van der Waals surface area (Å²) in [5.41, 5.74) is 5.04. The second kappa shape index (κ2) is 8.03. The van der Waals surface area contributed by atoms with Gasteiger partial charge >= 0.3 is 0 Å². The summed E-state index contributed by atoms with van der Waals surface area (Å²) in [6.07, 6.45) is 1.68. The van der Waals surface area contributed by atoms with Gasteiger partial charge in [0.1, 0.15) is 11.4 Å². The lowest BCUT2D eigenvalue weighted by Gasteiger charge is -2.18. The first-order chi connectivity index (χ1) is 13.6. The van der Waals surface area contributed by atoms with Gasteiger partial charge in [0.2, 0.25) is 5.95 Å². The first kappa shape index (κ1) is 20.5. The van der Waals surface area contributed by atoms with Gasteiger partial charge in [-0.25, -0.2) is 9.97 Å². The summed E-state index contributed by atoms with van der Waals surface area (Å²) >= 11 is 0. The topological polar surface area (TPSA) is 84.7 Å². The number of hydrogen-bond acceptors (Lipinski definition) is 5. The van der Waals surface area contributed by atoms with Crippen molar-refractivity contribution in [2.24, 2.45) is 12.5 Å². The maximum atomic E-state index is 12.5. The lowest BCUT2D eigenvalue weighted by Crippen LogP contribution is -2.33. The van der Waals surface area contributed by atoms with Crippen molar-refractivity contribution < 1.29 is 4.79 Å². The standard InChI is InChI=1S/C22H28N6O/c1-14-9-15(2)11-16(10-14)25-21-23-8-7-17(26-21)18-12-19(28(6)27-18)20(29)24-13-22(3,4)5/h7-12H,13H2,1-6H3,(H,24,29)(H,23,25,26). The van der Waals surface area contributed by atoms with Crippen molar-refractivity contribution in [1.29, 1.82) is 0 Å². The van der Waals surface area contributed by atoms with Crippen LogP contribution in [0.25, 0.3) is 11.4 Å². The number of hydrogen-bond donors (Lipinski definition) is 2. The van der Waals surface area contributed by atoms with Crippen molar-refractivity contribution >= 4 is 17.5 Å². The average Bonchev–Trinajstić information content (AvgIpc) is 3.00. The highest BCUT2D eigenvalue weighted by Gasteiger charge is 2.18. The van der Waals surface area contributed by atoms with E-state index in [0.29, 0.717) is 29.6 Å². The number of nitrogens with zero attached hydrogens (tertiary/aromatic N) is 4. The molecule has 0 fully saturated rings. The molecule has 7 nitrogen and oxygen atoms in total. The van der Waals surface area contributed by atoms with Crippen LogP contribution in [-0.2, 0) is 7.05 Å². The maximum Gasteiger partial charge on any atom is 0.269 e. The average molecular weight is 393 g/mol. The summed E-state index contributed by atoms with van der Waals surface area (Å²) in [4.78, 5) is 21.4. The molecule has 29 heavy (non-hydrogen) atoms. The van der Waals surface area contributed by atoms with Crippen LogP contribution in [-0.4, -0.2) is 32.2 Å². The summed E-state index contributed by atoms with van der Waals surface area (Å²) in [6.45, 7) is 10.9. The number of rotatable bonds is 5. The number of nitrogens with one attached hydrogen (secondary N) is 2. The molecule has 0 saturated heterocycles. The van der Waals surface area contributed by atoms with Crippen LogP contribution in [0, 0.1) is 19.3 Å². The molecule has 0 bridgehead atoms. The third kappa shape index (κ3) is 5.40. The lowest BCUT2D eigenvalue weighted by molar-refractivity contribution is 0.0930. The fourth-order valence-corrected chi connectivity index (χ4v) is 2.98. The molecule has 2 heterocycles. The number of carbonyl (C=O) groups is 1. The molecule has 152 valence electrons. The number of aromatic nitrogens is 4. The Labute approximate surface area is 171 Å². The molecule has 2 aromatic heterocycles. The van der Waals surface area contributed by atoms with Crippen LogP contribution in [0.2, 0.25) is 0 Å². The van der Waals surface area contributed by atoms with Gasteiger partial charge in [0.05, 0.1) is 5.69 Å². The number of aryl methyl sites for hydroxylation is 3. The fourth-order valence-electron chi connectivity index (χ4n) is 2.98. The Morgan fingerprint density at radius 1 is 1.07 bits per heavy atom. The SMILES string of the molecule is Cc1cc(C)cc(Nc2nccc(-c3cc(C(=O)NCC(C)(C)C)n(C)n3)n2)c1. The van der Waals surface area contributed by atoms with E-state index in [1.807, 2.05) is 12.1 Å². The Hall–Kier alpha value is -3.22. The van der Waals surface area contributed by atoms with E-state index in [2.05, 4.69) is 66.4 Å². The molecule has 0 radical (unpaired) electrons. The Balaban J connectivity index is 1.81.